The molecular weight excluding hydrogens is 320 g/mol. The molecule has 19 heavy (non-hydrogen) atoms. The van der Waals surface area contributed by atoms with Crippen LogP contribution in [0.25, 0.3) is 0 Å². The molecule has 0 aliphatic heterocycles. The minimum absolute atomic E-state index is 0.0517. The Morgan fingerprint density at radius 1 is 1.37 bits per heavy atom. The maximum atomic E-state index is 5.94. The SMILES string of the molecule is CCN(Cc1cccs1)c1ccc([C@H](C)N)c(Br)c1. The molecule has 0 aliphatic carbocycles. The van der Waals surface area contributed by atoms with E-state index in [1.54, 1.807) is 11.3 Å². The predicted molar refractivity (Wildman–Crippen MR) is 87.8 cm³/mol. The van der Waals surface area contributed by atoms with Crippen molar-refractivity contribution in [1.29, 1.82) is 0 Å². The van der Waals surface area contributed by atoms with Crippen molar-refractivity contribution in [2.45, 2.75) is 26.4 Å². The summed E-state index contributed by atoms with van der Waals surface area (Å²) in [5.74, 6) is 0. The van der Waals surface area contributed by atoms with Gasteiger partial charge in [-0.25, -0.2) is 0 Å². The molecule has 102 valence electrons. The Hall–Kier alpha value is -0.840. The van der Waals surface area contributed by atoms with Crippen molar-refractivity contribution < 1.29 is 0 Å². The number of rotatable bonds is 5. The van der Waals surface area contributed by atoms with Gasteiger partial charge in [0, 0.05) is 27.6 Å². The summed E-state index contributed by atoms with van der Waals surface area (Å²) in [7, 11) is 0. The molecule has 1 atom stereocenters. The second-order valence-electron chi connectivity index (χ2n) is 4.59. The van der Waals surface area contributed by atoms with E-state index in [0.717, 1.165) is 23.1 Å². The predicted octanol–water partition coefficient (Wildman–Crippen LogP) is 4.56. The van der Waals surface area contributed by atoms with Crippen LogP contribution < -0.4 is 10.6 Å². The summed E-state index contributed by atoms with van der Waals surface area (Å²) < 4.78 is 1.09. The van der Waals surface area contributed by atoms with Gasteiger partial charge in [-0.1, -0.05) is 28.1 Å². The molecule has 2 aromatic rings. The molecule has 2 nitrogen and oxygen atoms in total. The molecule has 1 aromatic carbocycles. The van der Waals surface area contributed by atoms with E-state index in [1.807, 2.05) is 6.92 Å². The molecule has 0 radical (unpaired) electrons. The van der Waals surface area contributed by atoms with Crippen molar-refractivity contribution in [2.24, 2.45) is 5.73 Å². The average molecular weight is 339 g/mol. The van der Waals surface area contributed by atoms with Gasteiger partial charge in [0.25, 0.3) is 0 Å². The first-order chi connectivity index (χ1) is 9.11. The van der Waals surface area contributed by atoms with Gasteiger partial charge >= 0.3 is 0 Å². The van der Waals surface area contributed by atoms with E-state index >= 15 is 0 Å². The topological polar surface area (TPSA) is 29.3 Å². The Balaban J connectivity index is 2.21. The van der Waals surface area contributed by atoms with Gasteiger partial charge in [0.15, 0.2) is 0 Å². The van der Waals surface area contributed by atoms with Crippen LogP contribution in [0.15, 0.2) is 40.2 Å². The molecule has 1 heterocycles. The lowest BCUT2D eigenvalue weighted by atomic mass is 10.1. The molecule has 0 spiro atoms. The summed E-state index contributed by atoms with van der Waals surface area (Å²) in [6.45, 7) is 6.13. The number of benzene rings is 1. The number of hydrogen-bond acceptors (Lipinski definition) is 3. The number of anilines is 1. The number of nitrogens with zero attached hydrogens (tertiary/aromatic N) is 1. The minimum atomic E-state index is 0.0517. The molecule has 2 rings (SSSR count). The first kappa shape index (κ1) is 14.6. The van der Waals surface area contributed by atoms with Gasteiger partial charge < -0.3 is 10.6 Å². The van der Waals surface area contributed by atoms with Gasteiger partial charge in [-0.2, -0.15) is 0 Å². The van der Waals surface area contributed by atoms with E-state index < -0.39 is 0 Å². The fraction of sp³-hybridized carbons (Fsp3) is 0.333. The molecular formula is C15H19BrN2S. The fourth-order valence-electron chi connectivity index (χ4n) is 2.06. The van der Waals surface area contributed by atoms with Gasteiger partial charge in [0.2, 0.25) is 0 Å². The zero-order valence-corrected chi connectivity index (χ0v) is 13.7. The van der Waals surface area contributed by atoms with E-state index in [0.29, 0.717) is 0 Å². The molecule has 2 N–H and O–H groups in total. The summed E-state index contributed by atoms with van der Waals surface area (Å²) in [6, 6.07) is 10.8. The van der Waals surface area contributed by atoms with Crippen molar-refractivity contribution >= 4 is 33.0 Å². The van der Waals surface area contributed by atoms with E-state index in [1.165, 1.54) is 10.6 Å². The Labute approximate surface area is 127 Å². The fourth-order valence-corrected chi connectivity index (χ4v) is 3.51. The Morgan fingerprint density at radius 3 is 2.68 bits per heavy atom. The lowest BCUT2D eigenvalue weighted by Gasteiger charge is -2.23. The minimum Gasteiger partial charge on any atom is -0.367 e. The first-order valence-electron chi connectivity index (χ1n) is 6.44. The number of nitrogens with two attached hydrogens (primary N) is 1. The number of thiophene rings is 1. The molecule has 0 unspecified atom stereocenters. The van der Waals surface area contributed by atoms with Crippen LogP contribution in [0.3, 0.4) is 0 Å². The third-order valence-corrected chi connectivity index (χ3v) is 4.70. The standard InChI is InChI=1S/C15H19BrN2S/c1-3-18(10-13-5-4-8-19-13)12-6-7-14(11(2)17)15(16)9-12/h4-9,11H,3,10,17H2,1-2H3/t11-/m0/s1. The molecule has 0 bridgehead atoms. The van der Waals surface area contributed by atoms with Crippen LogP contribution in [-0.2, 0) is 6.54 Å². The zero-order valence-electron chi connectivity index (χ0n) is 11.3. The maximum Gasteiger partial charge on any atom is 0.0522 e. The lowest BCUT2D eigenvalue weighted by Crippen LogP contribution is -2.21. The zero-order chi connectivity index (χ0) is 13.8. The Morgan fingerprint density at radius 2 is 2.16 bits per heavy atom. The van der Waals surface area contributed by atoms with Crippen molar-refractivity contribution in [2.75, 3.05) is 11.4 Å². The summed E-state index contributed by atoms with van der Waals surface area (Å²) in [5, 5.41) is 2.12. The van der Waals surface area contributed by atoms with Crippen LogP contribution in [-0.4, -0.2) is 6.54 Å². The summed E-state index contributed by atoms with van der Waals surface area (Å²) in [4.78, 5) is 3.75. The van der Waals surface area contributed by atoms with Crippen LogP contribution in [0, 0.1) is 0 Å². The maximum absolute atomic E-state index is 5.94. The lowest BCUT2D eigenvalue weighted by molar-refractivity contribution is 0.807. The van der Waals surface area contributed by atoms with Gasteiger partial charge in [-0.05, 0) is 43.0 Å². The molecule has 0 amide bonds. The third-order valence-electron chi connectivity index (χ3n) is 3.15. The Kier molecular flexibility index (Phi) is 5.02. The highest BCUT2D eigenvalue weighted by Crippen LogP contribution is 2.28. The van der Waals surface area contributed by atoms with Gasteiger partial charge in [0.05, 0.1) is 6.54 Å². The summed E-state index contributed by atoms with van der Waals surface area (Å²) in [5.41, 5.74) is 8.32. The molecule has 4 heteroatoms. The number of halogens is 1. The average Bonchev–Trinajstić information content (AvgIpc) is 2.88. The quantitative estimate of drug-likeness (QED) is 0.865. The van der Waals surface area contributed by atoms with Crippen LogP contribution >= 0.6 is 27.3 Å². The smallest absolute Gasteiger partial charge is 0.0522 e. The van der Waals surface area contributed by atoms with E-state index in [2.05, 4.69) is 63.5 Å². The van der Waals surface area contributed by atoms with Gasteiger partial charge in [-0.15, -0.1) is 11.3 Å². The summed E-state index contributed by atoms with van der Waals surface area (Å²) in [6.07, 6.45) is 0. The van der Waals surface area contributed by atoms with Crippen LogP contribution in [0.5, 0.6) is 0 Å². The normalized spacial score (nSPS) is 12.4. The molecule has 1 aromatic heterocycles. The first-order valence-corrected chi connectivity index (χ1v) is 8.11. The monoisotopic (exact) mass is 338 g/mol. The second-order valence-corrected chi connectivity index (χ2v) is 6.47. The largest absolute Gasteiger partial charge is 0.367 e. The van der Waals surface area contributed by atoms with E-state index in [9.17, 15) is 0 Å². The summed E-state index contributed by atoms with van der Waals surface area (Å²) >= 11 is 5.42. The second kappa shape index (κ2) is 6.55. The highest BCUT2D eigenvalue weighted by atomic mass is 79.9. The molecule has 0 fully saturated rings. The van der Waals surface area contributed by atoms with Crippen molar-refractivity contribution in [3.05, 3.63) is 50.6 Å². The third kappa shape index (κ3) is 3.59. The van der Waals surface area contributed by atoms with Crippen LogP contribution in [0.4, 0.5) is 5.69 Å². The van der Waals surface area contributed by atoms with E-state index in [4.69, 9.17) is 5.73 Å². The van der Waals surface area contributed by atoms with Crippen LogP contribution in [0.1, 0.15) is 30.3 Å². The Bertz CT molecular complexity index is 523. The van der Waals surface area contributed by atoms with Crippen molar-refractivity contribution in [3.8, 4) is 0 Å². The molecule has 0 aliphatic rings. The highest BCUT2D eigenvalue weighted by Gasteiger charge is 2.10. The van der Waals surface area contributed by atoms with Crippen molar-refractivity contribution in [1.82, 2.24) is 0 Å². The number of hydrogen-bond donors (Lipinski definition) is 1. The molecule has 0 saturated heterocycles. The highest BCUT2D eigenvalue weighted by molar-refractivity contribution is 9.10. The van der Waals surface area contributed by atoms with Crippen molar-refractivity contribution in [3.63, 3.8) is 0 Å². The molecule has 0 saturated carbocycles. The van der Waals surface area contributed by atoms with E-state index in [-0.39, 0.29) is 6.04 Å². The van der Waals surface area contributed by atoms with Gasteiger partial charge in [0.1, 0.15) is 0 Å². The van der Waals surface area contributed by atoms with Crippen LogP contribution in [0.2, 0.25) is 0 Å². The van der Waals surface area contributed by atoms with Gasteiger partial charge in [-0.3, -0.25) is 0 Å².